The third-order valence-electron chi connectivity index (χ3n) is 2.80. The molecule has 0 amide bonds. The van der Waals surface area contributed by atoms with Crippen LogP contribution in [-0.2, 0) is 10.0 Å². The van der Waals surface area contributed by atoms with Gasteiger partial charge in [0.25, 0.3) is 0 Å². The third-order valence-corrected chi connectivity index (χ3v) is 7.13. The summed E-state index contributed by atoms with van der Waals surface area (Å²) < 4.78 is 27.1. The van der Waals surface area contributed by atoms with Crippen LogP contribution in [-0.4, -0.2) is 37.5 Å². The van der Waals surface area contributed by atoms with Crippen molar-refractivity contribution in [1.82, 2.24) is 4.72 Å². The molecule has 1 aromatic carbocycles. The first-order valence-corrected chi connectivity index (χ1v) is 9.70. The highest BCUT2D eigenvalue weighted by atomic mass is 32.2. The topological polar surface area (TPSA) is 96.0 Å². The summed E-state index contributed by atoms with van der Waals surface area (Å²) in [6.45, 7) is 0.384. The van der Waals surface area contributed by atoms with E-state index in [2.05, 4.69) is 4.72 Å². The quantitative estimate of drug-likeness (QED) is 0.808. The molecule has 5 nitrogen and oxygen atoms in total. The Balaban J connectivity index is 2.12. The monoisotopic (exact) mass is 329 g/mol. The first-order chi connectivity index (χ1) is 9.53. The molecule has 0 spiro atoms. The number of benzene rings is 1. The number of sulfonamides is 1. The maximum absolute atomic E-state index is 12.2. The lowest BCUT2D eigenvalue weighted by Crippen LogP contribution is -2.33. The number of hydrogen-bond acceptors (Lipinski definition) is 6. The number of nitrogens with zero attached hydrogens (tertiary/aromatic N) is 1. The van der Waals surface area contributed by atoms with E-state index in [1.807, 2.05) is 17.8 Å². The van der Waals surface area contributed by atoms with Crippen LogP contribution in [0, 0.1) is 11.3 Å². The molecule has 3 N–H and O–H groups in total. The van der Waals surface area contributed by atoms with E-state index in [1.54, 1.807) is 11.8 Å². The normalized spacial score (nSPS) is 19.4. The van der Waals surface area contributed by atoms with Crippen molar-refractivity contribution >= 4 is 39.2 Å². The lowest BCUT2D eigenvalue weighted by molar-refractivity contribution is 0.581. The van der Waals surface area contributed by atoms with Crippen molar-refractivity contribution in [3.63, 3.8) is 0 Å². The van der Waals surface area contributed by atoms with E-state index < -0.39 is 10.0 Å². The zero-order chi connectivity index (χ0) is 14.6. The highest BCUT2D eigenvalue weighted by Gasteiger charge is 2.21. The minimum atomic E-state index is -3.67. The minimum absolute atomic E-state index is 0.0114. The average Bonchev–Trinajstić information content (AvgIpc) is 2.46. The van der Waals surface area contributed by atoms with Crippen LogP contribution in [0.5, 0.6) is 0 Å². The molecule has 1 unspecified atom stereocenters. The number of hydrogen-bond donors (Lipinski definition) is 2. The van der Waals surface area contributed by atoms with Crippen LogP contribution in [0.1, 0.15) is 5.56 Å². The van der Waals surface area contributed by atoms with Gasteiger partial charge in [0.15, 0.2) is 0 Å². The fourth-order valence-electron chi connectivity index (χ4n) is 1.80. The Morgan fingerprint density at radius 1 is 1.45 bits per heavy atom. The molecule has 108 valence electrons. The predicted molar refractivity (Wildman–Crippen MR) is 84.3 cm³/mol. The van der Waals surface area contributed by atoms with Crippen molar-refractivity contribution < 1.29 is 8.42 Å². The van der Waals surface area contributed by atoms with Gasteiger partial charge in [0, 0.05) is 34.7 Å². The van der Waals surface area contributed by atoms with Gasteiger partial charge in [-0.15, -0.1) is 0 Å². The van der Waals surface area contributed by atoms with Gasteiger partial charge in [-0.1, -0.05) is 0 Å². The second-order valence-corrected chi connectivity index (χ2v) is 8.58. The largest absolute Gasteiger partial charge is 0.399 e. The number of nitrogens with one attached hydrogen (secondary N) is 1. The van der Waals surface area contributed by atoms with E-state index in [4.69, 9.17) is 11.0 Å². The molecule has 1 fully saturated rings. The molecular weight excluding hydrogens is 314 g/mol. The standard InChI is InChI=1S/C12H15N3O2S3/c13-6-9-5-10(14)1-2-12(9)20(16,17)15-7-11-8-18-3-4-19-11/h1-2,5,11,15H,3-4,7-8,14H2. The average molecular weight is 329 g/mol. The Hall–Kier alpha value is -0.880. The zero-order valence-electron chi connectivity index (χ0n) is 10.7. The molecule has 1 saturated heterocycles. The molecule has 0 aliphatic carbocycles. The van der Waals surface area contributed by atoms with Gasteiger partial charge in [0.05, 0.1) is 10.5 Å². The SMILES string of the molecule is N#Cc1cc(N)ccc1S(=O)(=O)NCC1CSCCS1. The molecule has 1 atom stereocenters. The molecule has 1 aliphatic heterocycles. The molecule has 0 radical (unpaired) electrons. The summed E-state index contributed by atoms with van der Waals surface area (Å²) in [6, 6.07) is 6.11. The van der Waals surface area contributed by atoms with Gasteiger partial charge in [-0.2, -0.15) is 28.8 Å². The first-order valence-electron chi connectivity index (χ1n) is 6.01. The highest BCUT2D eigenvalue weighted by molar-refractivity contribution is 8.06. The van der Waals surface area contributed by atoms with Crippen LogP contribution in [0.2, 0.25) is 0 Å². The molecule has 2 rings (SSSR count). The first kappa shape index (κ1) is 15.5. The summed E-state index contributed by atoms with van der Waals surface area (Å²) in [5.74, 6) is 3.10. The molecule has 0 saturated carbocycles. The van der Waals surface area contributed by atoms with Crippen LogP contribution in [0.3, 0.4) is 0 Å². The zero-order valence-corrected chi connectivity index (χ0v) is 13.2. The van der Waals surface area contributed by atoms with Crippen LogP contribution < -0.4 is 10.5 Å². The van der Waals surface area contributed by atoms with E-state index in [0.717, 1.165) is 17.3 Å². The van der Waals surface area contributed by atoms with Gasteiger partial charge in [0.2, 0.25) is 10.0 Å². The maximum Gasteiger partial charge on any atom is 0.241 e. The van der Waals surface area contributed by atoms with Crippen LogP contribution >= 0.6 is 23.5 Å². The summed E-state index contributed by atoms with van der Waals surface area (Å²) >= 11 is 3.61. The van der Waals surface area contributed by atoms with Gasteiger partial charge in [-0.3, -0.25) is 0 Å². The second kappa shape index (κ2) is 6.72. The fraction of sp³-hybridized carbons (Fsp3) is 0.417. The van der Waals surface area contributed by atoms with Gasteiger partial charge < -0.3 is 5.73 Å². The molecule has 8 heteroatoms. The Labute approximate surface area is 127 Å². The number of rotatable bonds is 4. The van der Waals surface area contributed by atoms with Gasteiger partial charge in [0.1, 0.15) is 6.07 Å². The summed E-state index contributed by atoms with van der Waals surface area (Å²) in [6.07, 6.45) is 0. The predicted octanol–water partition coefficient (Wildman–Crippen LogP) is 1.27. The summed E-state index contributed by atoms with van der Waals surface area (Å²) in [4.78, 5) is -0.0114. The van der Waals surface area contributed by atoms with Crippen molar-refractivity contribution in [2.75, 3.05) is 29.5 Å². The Morgan fingerprint density at radius 2 is 2.25 bits per heavy atom. The Morgan fingerprint density at radius 3 is 2.90 bits per heavy atom. The van der Waals surface area contributed by atoms with Crippen LogP contribution in [0.4, 0.5) is 5.69 Å². The highest BCUT2D eigenvalue weighted by Crippen LogP contribution is 2.24. The number of nitrogens with two attached hydrogens (primary N) is 1. The van der Waals surface area contributed by atoms with Crippen LogP contribution in [0.25, 0.3) is 0 Å². The Bertz CT molecular complexity index is 619. The summed E-state index contributed by atoms with van der Waals surface area (Å²) in [7, 11) is -3.67. The van der Waals surface area contributed by atoms with Gasteiger partial charge in [-0.05, 0) is 18.2 Å². The van der Waals surface area contributed by atoms with E-state index >= 15 is 0 Å². The molecular formula is C12H15N3O2S3. The number of nitrogen functional groups attached to an aromatic ring is 1. The lowest BCUT2D eigenvalue weighted by Gasteiger charge is -2.21. The van der Waals surface area contributed by atoms with Crippen LogP contribution in [0.15, 0.2) is 23.1 Å². The van der Waals surface area contributed by atoms with E-state index in [9.17, 15) is 8.42 Å². The third kappa shape index (κ3) is 3.82. The molecule has 1 heterocycles. The van der Waals surface area contributed by atoms with Gasteiger partial charge >= 0.3 is 0 Å². The summed E-state index contributed by atoms with van der Waals surface area (Å²) in [5, 5.41) is 9.30. The van der Waals surface area contributed by atoms with Crippen molar-refractivity contribution in [2.45, 2.75) is 10.1 Å². The maximum atomic E-state index is 12.2. The van der Waals surface area contributed by atoms with E-state index in [0.29, 0.717) is 12.2 Å². The number of thioether (sulfide) groups is 2. The second-order valence-electron chi connectivity index (χ2n) is 4.29. The fourth-order valence-corrected chi connectivity index (χ4v) is 5.74. The molecule has 20 heavy (non-hydrogen) atoms. The van der Waals surface area contributed by atoms with Crippen molar-refractivity contribution in [3.8, 4) is 6.07 Å². The van der Waals surface area contributed by atoms with Gasteiger partial charge in [-0.25, -0.2) is 13.1 Å². The summed E-state index contributed by atoms with van der Waals surface area (Å²) in [5.41, 5.74) is 6.01. The van der Waals surface area contributed by atoms with E-state index in [1.165, 1.54) is 18.2 Å². The molecule has 0 bridgehead atoms. The molecule has 1 aromatic rings. The smallest absolute Gasteiger partial charge is 0.241 e. The van der Waals surface area contributed by atoms with Crippen molar-refractivity contribution in [3.05, 3.63) is 23.8 Å². The van der Waals surface area contributed by atoms with Crippen molar-refractivity contribution in [2.24, 2.45) is 0 Å². The number of anilines is 1. The molecule has 1 aliphatic rings. The number of nitriles is 1. The van der Waals surface area contributed by atoms with E-state index in [-0.39, 0.29) is 15.7 Å². The van der Waals surface area contributed by atoms with Crippen molar-refractivity contribution in [1.29, 1.82) is 5.26 Å². The lowest BCUT2D eigenvalue weighted by atomic mass is 10.2. The minimum Gasteiger partial charge on any atom is -0.399 e. The molecule has 0 aromatic heterocycles. The Kier molecular flexibility index (Phi) is 5.21.